The zero-order valence-corrected chi connectivity index (χ0v) is 82.3. The predicted molar refractivity (Wildman–Crippen MR) is 512 cm³/mol. The van der Waals surface area contributed by atoms with E-state index in [0.717, 1.165) is 52.0 Å². The van der Waals surface area contributed by atoms with Crippen molar-refractivity contribution in [2.24, 2.45) is 22.9 Å². The number of aliphatic carboxylic acids is 4. The van der Waals surface area contributed by atoms with E-state index in [0.29, 0.717) is 103 Å². The van der Waals surface area contributed by atoms with Crippen LogP contribution < -0.4 is 108 Å². The third-order valence-electron chi connectivity index (χ3n) is 22.5. The van der Waals surface area contributed by atoms with Crippen LogP contribution in [0.4, 0.5) is 19.2 Å². The lowest BCUT2D eigenvalue weighted by atomic mass is 9.92. The Morgan fingerprint density at radius 1 is 0.297 bits per heavy atom. The number of guanidine groups is 4. The highest BCUT2D eigenvalue weighted by atomic mass is 16.6. The number of aliphatic hydroxyl groups excluding tert-OH is 8. The van der Waals surface area contributed by atoms with Crippen LogP contribution in [0.5, 0.6) is 0 Å². The topological polar surface area (TPSA) is 988 Å². The van der Waals surface area contributed by atoms with E-state index in [4.69, 9.17) is 82.5 Å². The molecule has 148 heavy (non-hydrogen) atoms. The van der Waals surface area contributed by atoms with Gasteiger partial charge in [0.2, 0.25) is 70.3 Å². The zero-order chi connectivity index (χ0) is 110. The molecule has 0 bridgehead atoms. The summed E-state index contributed by atoms with van der Waals surface area (Å²) in [6.45, 7) is -1.40. The Bertz CT molecular complexity index is 4030. The molecule has 4 aliphatic heterocycles. The Morgan fingerprint density at radius 3 is 0.615 bits per heavy atom. The number of hydrogen-bond donors (Lipinski definition) is 36. The number of nitrogens with zero attached hydrogens (tertiary/aromatic N) is 2. The third-order valence-corrected chi connectivity index (χ3v) is 22.5. The van der Waals surface area contributed by atoms with Crippen LogP contribution in [0.2, 0.25) is 0 Å². The zero-order valence-electron chi connectivity index (χ0n) is 82.3. The van der Waals surface area contributed by atoms with Crippen LogP contribution in [0, 0.1) is 21.6 Å². The van der Waals surface area contributed by atoms with Crippen LogP contribution in [0.1, 0.15) is 130 Å². The fourth-order valence-electron chi connectivity index (χ4n) is 15.7. The van der Waals surface area contributed by atoms with Gasteiger partial charge in [-0.15, -0.1) is 0 Å². The highest BCUT2D eigenvalue weighted by Gasteiger charge is 2.52. The van der Waals surface area contributed by atoms with Crippen LogP contribution >= 0.6 is 0 Å². The van der Waals surface area contributed by atoms with E-state index in [1.165, 1.54) is 9.80 Å². The van der Waals surface area contributed by atoms with Gasteiger partial charge in [-0.1, -0.05) is 51.4 Å². The quantitative estimate of drug-likeness (QED) is 0.0116. The van der Waals surface area contributed by atoms with Crippen molar-refractivity contribution in [1.82, 2.24) is 94.9 Å². The van der Waals surface area contributed by atoms with Crippen molar-refractivity contribution in [1.29, 1.82) is 21.6 Å². The summed E-state index contributed by atoms with van der Waals surface area (Å²) in [7, 11) is 0. The molecule has 0 radical (unpaired) electrons. The van der Waals surface area contributed by atoms with Gasteiger partial charge in [-0.3, -0.25) is 69.8 Å². The van der Waals surface area contributed by atoms with E-state index in [1.54, 1.807) is 0 Å². The average Bonchev–Trinajstić information content (AvgIpc) is 0.801. The van der Waals surface area contributed by atoms with Crippen LogP contribution in [0.15, 0.2) is 47.3 Å². The number of nitrogens with two attached hydrogens (primary N) is 4. The van der Waals surface area contributed by atoms with Crippen LogP contribution in [0.3, 0.4) is 0 Å². The summed E-state index contributed by atoms with van der Waals surface area (Å²) in [5, 5.41) is 195. The summed E-state index contributed by atoms with van der Waals surface area (Å²) in [4.78, 5) is 209. The summed E-state index contributed by atoms with van der Waals surface area (Å²) >= 11 is 0. The molecule has 62 nitrogen and oxygen atoms in total. The molecular weight excluding hydrogens is 1970 g/mol. The van der Waals surface area contributed by atoms with Crippen LogP contribution in [-0.4, -0.2) is 430 Å². The van der Waals surface area contributed by atoms with E-state index >= 15 is 0 Å². The molecule has 12 amide bonds. The molecule has 4 aliphatic rings. The van der Waals surface area contributed by atoms with Crippen LogP contribution in [-0.2, 0) is 95.4 Å². The van der Waals surface area contributed by atoms with Crippen molar-refractivity contribution in [3.8, 4) is 0 Å². The van der Waals surface area contributed by atoms with E-state index < -0.39 is 317 Å². The molecule has 4 rings (SSSR count). The van der Waals surface area contributed by atoms with E-state index in [9.17, 15) is 138 Å². The van der Waals surface area contributed by atoms with Gasteiger partial charge in [-0.05, 0) is 75.7 Å². The molecule has 0 saturated heterocycles. The lowest BCUT2D eigenvalue weighted by molar-refractivity contribution is -0.147. The van der Waals surface area contributed by atoms with E-state index in [-0.39, 0.29) is 65.4 Å². The molecule has 0 fully saturated rings. The fourth-order valence-corrected chi connectivity index (χ4v) is 15.7. The smallest absolute Gasteiger partial charge is 0.407 e. The lowest BCUT2D eigenvalue weighted by Gasteiger charge is -2.41. The number of carbonyl (C=O) groups excluding carboxylic acids is 12. The van der Waals surface area contributed by atoms with Gasteiger partial charge in [0.1, 0.15) is 24.4 Å². The number of carboxylic acid groups (broad SMARTS) is 4. The number of carboxylic acids is 4. The molecule has 40 N–H and O–H groups in total. The molecule has 4 unspecified atom stereocenters. The standard InChI is InChI=1S/C86H144N26O36/c1-43(117)103-63-47(107-79(87)88)31-55(75(129)130)141-71(63)67(51(121)39-113)145-83(137)99-25-17-9-5-13-21-95-59(125)35-111(36-60(126)96-22-14-6-10-18-26-100-84(138)146-68(52(122)40-114)72-64(104-44(2)118)48(108-80(89)90)32-56(142-72)76(131)132)29-30-112(37-61(127)97-23-15-7-11-19-27-101-85(139)147-69(53(123)41-115)73-65(105-45(3)119)49(109-81(91)92)33-57(143-73)77(133)134)38-62(128)98-24-16-8-12-20-28-102-86(140)148-70(54(124)42-116)74-66(106-46(4)120)50(110-82(93)94)34-58(144-74)78(135)136/h31-34,47-54,63-74,113-116,121-124H,5-30,35-42H2,1-4H3,(H,95,125)(H,96,126)(H,97,127)(H,98,128)(H,99,137)(H,100,138)(H,101,139)(H,102,140)(H,103,117)(H,104,118)(H,105,119)(H,106,120)(H,129,130)(H,131,132)(H,133,134)(H,135,136)(H4,87,88,107)(H4,89,90,108)(H4,91,92,109)(H4,93,94,110)/t47-,48-,49-,50-,51?,52?,53?,54?,63+,64+,65+,66+,67+,68+,69+,70+,71+,72+,73+,74+/m0/s1. The van der Waals surface area contributed by atoms with Gasteiger partial charge in [0, 0.05) is 93.1 Å². The average molecular weight is 2120 g/mol. The first-order chi connectivity index (χ1) is 70.1. The number of nitrogens with one attached hydrogen (secondary N) is 20. The molecule has 4 heterocycles. The number of carbonyl (C=O) groups is 16. The van der Waals surface area contributed by atoms with Crippen molar-refractivity contribution in [2.45, 2.75) is 252 Å². The maximum Gasteiger partial charge on any atom is 0.407 e. The van der Waals surface area contributed by atoms with Crippen LogP contribution in [0.25, 0.3) is 0 Å². The first-order valence-corrected chi connectivity index (χ1v) is 47.5. The fraction of sp³-hybridized carbons (Fsp3) is 0.674. The summed E-state index contributed by atoms with van der Waals surface area (Å²) in [6.07, 6.45) is -15.8. The van der Waals surface area contributed by atoms with Crippen molar-refractivity contribution >= 4 is 119 Å². The molecular formula is C86H144N26O36. The first kappa shape index (κ1) is 126. The Labute approximate surface area is 848 Å². The van der Waals surface area contributed by atoms with Crippen molar-refractivity contribution in [3.05, 3.63) is 47.3 Å². The molecule has 0 aliphatic carbocycles. The Balaban J connectivity index is 1.50. The summed E-state index contributed by atoms with van der Waals surface area (Å²) in [6, 6.07) is -10.3. The number of alkyl carbamates (subject to hydrolysis) is 4. The molecule has 0 saturated carbocycles. The van der Waals surface area contributed by atoms with Gasteiger partial charge in [0.05, 0.1) is 101 Å². The second-order valence-corrected chi connectivity index (χ2v) is 34.6. The maximum atomic E-state index is 13.9. The minimum absolute atomic E-state index is 0.0328. The molecule has 20 atom stereocenters. The highest BCUT2D eigenvalue weighted by molar-refractivity contribution is 5.89. The minimum atomic E-state index is -1.90. The summed E-state index contributed by atoms with van der Waals surface area (Å²) in [5.41, 5.74) is 22.1. The number of amides is 12. The van der Waals surface area contributed by atoms with Gasteiger partial charge < -0.3 is 207 Å². The Hall–Kier alpha value is -14.4. The highest BCUT2D eigenvalue weighted by Crippen LogP contribution is 2.31. The Kier molecular flexibility index (Phi) is 56.7. The second-order valence-electron chi connectivity index (χ2n) is 34.6. The number of hydrogen-bond acceptors (Lipinski definition) is 38. The number of rotatable bonds is 67. The lowest BCUT2D eigenvalue weighted by Crippen LogP contribution is -2.65. The number of unbranched alkanes of at least 4 members (excludes halogenated alkanes) is 12. The SMILES string of the molecule is CC(=O)N[C@H]1[C@H]([C@H](OC(=O)NCCCCCCNC(=O)CN(CCN(CC(=O)NCCCCCCNC(=O)O[C@H](C(O)CO)[C@@H]2OC(C(=O)O)=C[C@H](NC(=N)N)[C@H]2NC(C)=O)CC(=O)NCCCCCCNC(=O)O[C@H](C(O)CO)[C@@H]2OC(C(=O)O)=C[C@H](NC(=N)N)[C@H]2NC(C)=O)CC(=O)NCCCCCCNC(=O)O[C@H](C(O)CO)[C@@H]2OC(C(=O)O)=C[C@H](NC(=N)N)[C@H]2NC(C)=O)C(O)CO)OC(C(=O)O)=C[C@@H]1NC(=N)N. The second kappa shape index (κ2) is 66.6. The molecule has 62 heteroatoms. The molecule has 0 aromatic carbocycles. The molecule has 0 aromatic rings. The number of aliphatic hydroxyl groups is 8. The molecule has 0 aromatic heterocycles. The summed E-state index contributed by atoms with van der Waals surface area (Å²) < 4.78 is 44.1. The maximum absolute atomic E-state index is 13.9. The van der Waals surface area contributed by atoms with Gasteiger partial charge in [0.25, 0.3) is 0 Å². The van der Waals surface area contributed by atoms with Crippen molar-refractivity contribution < 1.29 is 176 Å². The first-order valence-electron chi connectivity index (χ1n) is 47.5. The van der Waals surface area contributed by atoms with E-state index in [2.05, 4.69) is 85.1 Å². The van der Waals surface area contributed by atoms with Gasteiger partial charge in [0.15, 0.2) is 72.7 Å². The van der Waals surface area contributed by atoms with Gasteiger partial charge in [-0.25, -0.2) is 38.4 Å². The largest absolute Gasteiger partial charge is 0.477 e. The van der Waals surface area contributed by atoms with Gasteiger partial charge in [-0.2, -0.15) is 0 Å². The minimum Gasteiger partial charge on any atom is -0.477 e. The van der Waals surface area contributed by atoms with Crippen molar-refractivity contribution in [2.75, 3.05) is 118 Å². The number of ether oxygens (including phenoxy) is 8. The molecule has 834 valence electrons. The summed E-state index contributed by atoms with van der Waals surface area (Å²) in [5.74, 6) is -16.9. The van der Waals surface area contributed by atoms with Crippen molar-refractivity contribution in [3.63, 3.8) is 0 Å². The van der Waals surface area contributed by atoms with Gasteiger partial charge >= 0.3 is 48.3 Å². The predicted octanol–water partition coefficient (Wildman–Crippen LogP) is -11.0. The third kappa shape index (κ3) is 46.9. The van der Waals surface area contributed by atoms with E-state index in [1.807, 2.05) is 0 Å². The monoisotopic (exact) mass is 2120 g/mol. The normalized spacial score (nSPS) is 20.8. The Morgan fingerprint density at radius 2 is 0.466 bits per heavy atom. The molecule has 0 spiro atoms.